The molecule has 2 aromatic rings. The van der Waals surface area contributed by atoms with E-state index in [1.54, 1.807) is 11.9 Å². The van der Waals surface area contributed by atoms with E-state index >= 15 is 0 Å². The number of anilines is 1. The zero-order chi connectivity index (χ0) is 16.8. The lowest BCUT2D eigenvalue weighted by Crippen LogP contribution is -2.31. The Balaban J connectivity index is 2.03. The summed E-state index contributed by atoms with van der Waals surface area (Å²) >= 11 is 0. The van der Waals surface area contributed by atoms with Crippen molar-refractivity contribution < 1.29 is 13.2 Å². The van der Waals surface area contributed by atoms with Crippen molar-refractivity contribution in [2.75, 3.05) is 11.4 Å². The molecule has 0 unspecified atom stereocenters. The number of primary sulfonamides is 1. The molecule has 1 aromatic heterocycles. The highest BCUT2D eigenvalue weighted by atomic mass is 32.2. The van der Waals surface area contributed by atoms with Crippen LogP contribution in [-0.4, -0.2) is 25.4 Å². The third kappa shape index (κ3) is 2.66. The Bertz CT molecular complexity index is 884. The zero-order valence-electron chi connectivity index (χ0n) is 13.1. The Kier molecular flexibility index (Phi) is 3.77. The maximum Gasteiger partial charge on any atom is 0.274 e. The average Bonchev–Trinajstić information content (AvgIpc) is 3.09. The minimum Gasteiger partial charge on any atom is -0.345 e. The molecule has 0 radical (unpaired) electrons. The van der Waals surface area contributed by atoms with E-state index in [1.807, 2.05) is 18.2 Å². The van der Waals surface area contributed by atoms with E-state index in [9.17, 15) is 13.2 Å². The largest absolute Gasteiger partial charge is 0.345 e. The summed E-state index contributed by atoms with van der Waals surface area (Å²) in [4.78, 5) is 14.6. The van der Waals surface area contributed by atoms with E-state index in [2.05, 4.69) is 6.92 Å². The third-order valence-corrected chi connectivity index (χ3v) is 5.11. The highest BCUT2D eigenvalue weighted by Crippen LogP contribution is 2.33. The topological polar surface area (TPSA) is 85.4 Å². The van der Waals surface area contributed by atoms with Gasteiger partial charge in [0.2, 0.25) is 10.0 Å². The molecule has 0 spiro atoms. The van der Waals surface area contributed by atoms with Crippen LogP contribution in [0, 0.1) is 0 Å². The predicted octanol–water partition coefficient (Wildman–Crippen LogP) is 1.44. The molecule has 0 bridgehead atoms. The fourth-order valence-corrected chi connectivity index (χ4v) is 3.65. The lowest BCUT2D eigenvalue weighted by atomic mass is 10.1. The van der Waals surface area contributed by atoms with Gasteiger partial charge in [-0.3, -0.25) is 4.79 Å². The summed E-state index contributed by atoms with van der Waals surface area (Å²) in [6, 6.07) is 7.39. The van der Waals surface area contributed by atoms with Crippen LogP contribution in [0.25, 0.3) is 0 Å². The number of benzene rings is 1. The van der Waals surface area contributed by atoms with Gasteiger partial charge in [0.15, 0.2) is 0 Å². The number of nitrogens with two attached hydrogens (primary N) is 1. The van der Waals surface area contributed by atoms with Crippen LogP contribution in [-0.2, 0) is 29.9 Å². The standard InChI is InChI=1S/C16H19N3O3S/c1-3-11-5-4-6-12-7-8-19(15(11)12)16(20)14-9-13(10-18(14)2)23(17,21)22/h4-6,9-10H,3,7-8H2,1-2H3,(H2,17,21,22). The van der Waals surface area contributed by atoms with Gasteiger partial charge in [0.25, 0.3) is 5.91 Å². The molecule has 1 amide bonds. The number of amides is 1. The monoisotopic (exact) mass is 333 g/mol. The van der Waals surface area contributed by atoms with E-state index in [0.29, 0.717) is 12.2 Å². The fourth-order valence-electron chi connectivity index (χ4n) is 3.07. The third-order valence-electron chi connectivity index (χ3n) is 4.23. The summed E-state index contributed by atoms with van der Waals surface area (Å²) in [5, 5.41) is 5.15. The first kappa shape index (κ1) is 15.8. The minimum absolute atomic E-state index is 0.0495. The molecule has 1 aliphatic rings. The second kappa shape index (κ2) is 5.50. The summed E-state index contributed by atoms with van der Waals surface area (Å²) < 4.78 is 24.5. The van der Waals surface area contributed by atoms with E-state index in [1.165, 1.54) is 16.8 Å². The van der Waals surface area contributed by atoms with Gasteiger partial charge in [-0.1, -0.05) is 25.1 Å². The Morgan fingerprint density at radius 3 is 2.70 bits per heavy atom. The molecule has 7 heteroatoms. The maximum atomic E-state index is 12.9. The van der Waals surface area contributed by atoms with Crippen molar-refractivity contribution in [3.63, 3.8) is 0 Å². The van der Waals surface area contributed by atoms with Crippen LogP contribution in [0.2, 0.25) is 0 Å². The van der Waals surface area contributed by atoms with Crippen LogP contribution in [0.4, 0.5) is 5.69 Å². The van der Waals surface area contributed by atoms with Crippen molar-refractivity contribution >= 4 is 21.6 Å². The Morgan fingerprint density at radius 1 is 1.35 bits per heavy atom. The predicted molar refractivity (Wildman–Crippen MR) is 88.0 cm³/mol. The highest BCUT2D eigenvalue weighted by Gasteiger charge is 2.29. The van der Waals surface area contributed by atoms with Crippen molar-refractivity contribution in [1.29, 1.82) is 0 Å². The SMILES string of the molecule is CCc1cccc2c1N(C(=O)c1cc(S(N)(=O)=O)cn1C)CC2. The second-order valence-corrected chi connectivity index (χ2v) is 7.26. The number of aromatic nitrogens is 1. The number of hydrogen-bond acceptors (Lipinski definition) is 3. The van der Waals surface area contributed by atoms with Gasteiger partial charge in [-0.05, 0) is 30.0 Å². The molecule has 3 rings (SSSR count). The zero-order valence-corrected chi connectivity index (χ0v) is 13.9. The van der Waals surface area contributed by atoms with Gasteiger partial charge in [0.1, 0.15) is 10.6 Å². The number of fused-ring (bicyclic) bond motifs is 1. The number of hydrogen-bond donors (Lipinski definition) is 1. The maximum absolute atomic E-state index is 12.9. The van der Waals surface area contributed by atoms with Crippen molar-refractivity contribution in [3.05, 3.63) is 47.3 Å². The minimum atomic E-state index is -3.83. The van der Waals surface area contributed by atoms with Gasteiger partial charge >= 0.3 is 0 Å². The van der Waals surface area contributed by atoms with E-state index in [-0.39, 0.29) is 10.8 Å². The van der Waals surface area contributed by atoms with Crippen molar-refractivity contribution in [3.8, 4) is 0 Å². The quantitative estimate of drug-likeness (QED) is 0.922. The summed E-state index contributed by atoms with van der Waals surface area (Å²) in [5.74, 6) is -0.206. The van der Waals surface area contributed by atoms with Crippen LogP contribution < -0.4 is 10.0 Å². The highest BCUT2D eigenvalue weighted by molar-refractivity contribution is 7.89. The number of carbonyl (C=O) groups is 1. The van der Waals surface area contributed by atoms with Crippen LogP contribution in [0.3, 0.4) is 0 Å². The van der Waals surface area contributed by atoms with E-state index in [0.717, 1.165) is 29.7 Å². The van der Waals surface area contributed by atoms with Gasteiger partial charge in [-0.25, -0.2) is 13.6 Å². The number of para-hydroxylation sites is 1. The molecular formula is C16H19N3O3S. The van der Waals surface area contributed by atoms with Gasteiger partial charge in [0, 0.05) is 19.8 Å². The first-order valence-electron chi connectivity index (χ1n) is 7.44. The molecule has 122 valence electrons. The molecule has 6 nitrogen and oxygen atoms in total. The van der Waals surface area contributed by atoms with E-state index in [4.69, 9.17) is 5.14 Å². The number of rotatable bonds is 3. The van der Waals surface area contributed by atoms with Gasteiger partial charge in [0.05, 0.1) is 5.69 Å². The number of aryl methyl sites for hydroxylation is 2. The van der Waals surface area contributed by atoms with Gasteiger partial charge < -0.3 is 9.47 Å². The summed E-state index contributed by atoms with van der Waals surface area (Å²) in [7, 11) is -2.18. The van der Waals surface area contributed by atoms with Crippen molar-refractivity contribution in [2.24, 2.45) is 12.2 Å². The van der Waals surface area contributed by atoms with E-state index < -0.39 is 10.0 Å². The van der Waals surface area contributed by atoms with Crippen LogP contribution >= 0.6 is 0 Å². The molecule has 2 N–H and O–H groups in total. The molecule has 0 saturated heterocycles. The van der Waals surface area contributed by atoms with Crippen LogP contribution in [0.15, 0.2) is 35.4 Å². The number of sulfonamides is 1. The van der Waals surface area contributed by atoms with Gasteiger partial charge in [-0.15, -0.1) is 0 Å². The second-order valence-electron chi connectivity index (χ2n) is 5.70. The summed E-state index contributed by atoms with van der Waals surface area (Å²) in [6.45, 7) is 2.65. The van der Waals surface area contributed by atoms with Crippen molar-refractivity contribution in [1.82, 2.24) is 4.57 Å². The number of carbonyl (C=O) groups excluding carboxylic acids is 1. The Morgan fingerprint density at radius 2 is 2.09 bits per heavy atom. The molecule has 0 aliphatic carbocycles. The lowest BCUT2D eigenvalue weighted by molar-refractivity contribution is 0.0981. The molecule has 0 fully saturated rings. The Hall–Kier alpha value is -2.12. The molecular weight excluding hydrogens is 314 g/mol. The Labute approximate surface area is 135 Å². The first-order chi connectivity index (χ1) is 10.8. The number of nitrogens with zero attached hydrogens (tertiary/aromatic N) is 2. The summed E-state index contributed by atoms with van der Waals surface area (Å²) in [6.07, 6.45) is 3.01. The normalized spacial score (nSPS) is 14.1. The van der Waals surface area contributed by atoms with Crippen molar-refractivity contribution in [2.45, 2.75) is 24.7 Å². The van der Waals surface area contributed by atoms with Crippen LogP contribution in [0.1, 0.15) is 28.5 Å². The smallest absolute Gasteiger partial charge is 0.274 e. The first-order valence-corrected chi connectivity index (χ1v) is 8.99. The molecule has 23 heavy (non-hydrogen) atoms. The fraction of sp³-hybridized carbons (Fsp3) is 0.312. The molecule has 2 heterocycles. The lowest BCUT2D eigenvalue weighted by Gasteiger charge is -2.20. The molecule has 1 aliphatic heterocycles. The molecule has 1 aromatic carbocycles. The summed E-state index contributed by atoms with van der Waals surface area (Å²) in [5.41, 5.74) is 3.54. The average molecular weight is 333 g/mol. The molecule has 0 atom stereocenters. The van der Waals surface area contributed by atoms with Gasteiger partial charge in [-0.2, -0.15) is 0 Å². The molecule has 0 saturated carbocycles. The van der Waals surface area contributed by atoms with Crippen LogP contribution in [0.5, 0.6) is 0 Å².